The van der Waals surface area contributed by atoms with E-state index in [0.717, 1.165) is 31.2 Å². The molecule has 2 aromatic rings. The molecule has 1 atom stereocenters. The highest BCUT2D eigenvalue weighted by atomic mass is 35.5. The molecule has 0 bridgehead atoms. The minimum Gasteiger partial charge on any atom is -0.508 e. The number of phenols is 1. The molecule has 0 heterocycles. The molecule has 1 N–H and O–H groups in total. The monoisotopic (exact) mass is 475 g/mol. The number of carbonyl (C=O) groups is 2. The van der Waals surface area contributed by atoms with E-state index in [9.17, 15) is 14.7 Å². The van der Waals surface area contributed by atoms with Crippen molar-refractivity contribution >= 4 is 23.3 Å². The molecule has 7 heteroatoms. The number of methoxy groups -OCH3 is 2. The number of hydrogen-bond acceptors (Lipinski definition) is 5. The predicted octanol–water partition coefficient (Wildman–Crippen LogP) is 5.30. The smallest absolute Gasteiger partial charge is 0.238 e. The van der Waals surface area contributed by atoms with Crippen molar-refractivity contribution in [3.8, 4) is 17.2 Å². The molecule has 6 nitrogen and oxygen atoms in total. The lowest BCUT2D eigenvalue weighted by molar-refractivity contribution is -0.138. The quantitative estimate of drug-likeness (QED) is 0.296. The Hall–Kier alpha value is -2.73. The largest absolute Gasteiger partial charge is 0.508 e. The molecule has 2 aromatic carbocycles. The molecule has 0 fully saturated rings. The Labute approximate surface area is 201 Å². The van der Waals surface area contributed by atoms with Gasteiger partial charge in [-0.15, -0.1) is 11.6 Å². The fourth-order valence-electron chi connectivity index (χ4n) is 3.82. The first-order chi connectivity index (χ1) is 15.9. The van der Waals surface area contributed by atoms with Crippen LogP contribution in [0.15, 0.2) is 42.5 Å². The first-order valence-corrected chi connectivity index (χ1v) is 11.9. The van der Waals surface area contributed by atoms with Gasteiger partial charge in [0.2, 0.25) is 5.91 Å². The van der Waals surface area contributed by atoms with Gasteiger partial charge in [-0.05, 0) is 48.2 Å². The van der Waals surface area contributed by atoms with Crippen LogP contribution in [0.4, 0.5) is 0 Å². The third-order valence-electron chi connectivity index (χ3n) is 5.63. The summed E-state index contributed by atoms with van der Waals surface area (Å²) < 4.78 is 10.7. The molecule has 1 amide bonds. The summed E-state index contributed by atoms with van der Waals surface area (Å²) in [6.07, 6.45) is 4.80. The second kappa shape index (κ2) is 13.7. The second-order valence-electron chi connectivity index (χ2n) is 7.93. The molecule has 2 rings (SSSR count). The van der Waals surface area contributed by atoms with Crippen LogP contribution in [0.25, 0.3) is 0 Å². The Morgan fingerprint density at radius 2 is 1.70 bits per heavy atom. The van der Waals surface area contributed by atoms with E-state index in [1.807, 2.05) is 18.2 Å². The molecule has 0 saturated heterocycles. The van der Waals surface area contributed by atoms with Gasteiger partial charge >= 0.3 is 0 Å². The summed E-state index contributed by atoms with van der Waals surface area (Å²) >= 11 is 5.94. The van der Waals surface area contributed by atoms with E-state index in [4.69, 9.17) is 21.1 Å². The van der Waals surface area contributed by atoms with Crippen molar-refractivity contribution in [1.29, 1.82) is 0 Å². The van der Waals surface area contributed by atoms with Crippen molar-refractivity contribution in [3.05, 3.63) is 53.6 Å². The lowest BCUT2D eigenvalue weighted by atomic mass is 9.96. The van der Waals surface area contributed by atoms with E-state index in [-0.39, 0.29) is 23.3 Å². The number of nitrogens with zero attached hydrogens (tertiary/aromatic N) is 1. The van der Waals surface area contributed by atoms with E-state index < -0.39 is 6.04 Å². The van der Waals surface area contributed by atoms with E-state index >= 15 is 0 Å². The van der Waals surface area contributed by atoms with Gasteiger partial charge in [0.25, 0.3) is 0 Å². The lowest BCUT2D eigenvalue weighted by Gasteiger charge is -2.31. The predicted molar refractivity (Wildman–Crippen MR) is 130 cm³/mol. The van der Waals surface area contributed by atoms with Gasteiger partial charge in [-0.25, -0.2) is 0 Å². The number of amides is 1. The molecular weight excluding hydrogens is 442 g/mol. The molecule has 0 saturated carbocycles. The molecule has 1 unspecified atom stereocenters. The first kappa shape index (κ1) is 26.5. The molecule has 0 aliphatic carbocycles. The number of unbranched alkanes of at least 4 members (excludes halogenated alkanes) is 3. The van der Waals surface area contributed by atoms with Crippen LogP contribution in [0.1, 0.15) is 56.2 Å². The maximum atomic E-state index is 13.3. The fraction of sp³-hybridized carbons (Fsp3) is 0.462. The number of aromatic hydroxyl groups is 1. The summed E-state index contributed by atoms with van der Waals surface area (Å²) in [6.45, 7) is 2.43. The molecular formula is C26H34ClNO5. The molecule has 33 heavy (non-hydrogen) atoms. The van der Waals surface area contributed by atoms with Gasteiger partial charge < -0.3 is 19.5 Å². The SMILES string of the molecule is CCCCCCC(=O)C(c1ccc(O)cc1)N(CCc1ccc(OC)c(OC)c1)C(=O)CCl. The Balaban J connectivity index is 2.30. The average Bonchev–Trinajstić information content (AvgIpc) is 2.84. The summed E-state index contributed by atoms with van der Waals surface area (Å²) in [5, 5.41) is 9.71. The molecule has 0 spiro atoms. The Morgan fingerprint density at radius 1 is 1.00 bits per heavy atom. The van der Waals surface area contributed by atoms with Gasteiger partial charge in [-0.2, -0.15) is 0 Å². The lowest BCUT2D eigenvalue weighted by Crippen LogP contribution is -2.41. The molecule has 0 aromatic heterocycles. The standard InChI is InChI=1S/C26H34ClNO5/c1-4-5-6-7-8-22(30)26(20-10-12-21(29)13-11-20)28(25(31)18-27)16-15-19-9-14-23(32-2)24(17-19)33-3/h9-14,17,26,29H,4-8,15-16,18H2,1-3H3. The summed E-state index contributed by atoms with van der Waals surface area (Å²) in [6, 6.07) is 11.3. The minimum atomic E-state index is -0.751. The zero-order valence-corrected chi connectivity index (χ0v) is 20.4. The van der Waals surface area contributed by atoms with Crippen LogP contribution in [0.2, 0.25) is 0 Å². The van der Waals surface area contributed by atoms with Crippen LogP contribution < -0.4 is 9.47 Å². The highest BCUT2D eigenvalue weighted by molar-refractivity contribution is 6.27. The number of phenolic OH excluding ortho intramolecular Hbond substituents is 1. The first-order valence-electron chi connectivity index (χ1n) is 11.3. The number of halogens is 1. The average molecular weight is 476 g/mol. The Bertz CT molecular complexity index is 900. The number of rotatable bonds is 14. The number of alkyl halides is 1. The second-order valence-corrected chi connectivity index (χ2v) is 8.20. The molecule has 0 aliphatic heterocycles. The third-order valence-corrected chi connectivity index (χ3v) is 5.85. The number of hydrogen-bond donors (Lipinski definition) is 1. The maximum absolute atomic E-state index is 13.3. The van der Waals surface area contributed by atoms with Crippen molar-refractivity contribution in [2.75, 3.05) is 26.6 Å². The van der Waals surface area contributed by atoms with Crippen LogP contribution in [0.3, 0.4) is 0 Å². The number of ketones is 1. The number of benzene rings is 2. The summed E-state index contributed by atoms with van der Waals surface area (Å²) in [5.41, 5.74) is 1.61. The van der Waals surface area contributed by atoms with Gasteiger partial charge in [0.1, 0.15) is 17.7 Å². The number of ether oxygens (including phenoxy) is 2. The minimum absolute atomic E-state index is 0.0254. The molecule has 0 aliphatic rings. The topological polar surface area (TPSA) is 76.1 Å². The fourth-order valence-corrected chi connectivity index (χ4v) is 3.97. The van der Waals surface area contributed by atoms with Crippen LogP contribution in [0.5, 0.6) is 17.2 Å². The van der Waals surface area contributed by atoms with Crippen molar-refractivity contribution < 1.29 is 24.2 Å². The number of Topliss-reactive ketones (excluding diaryl/α,β-unsaturated/α-hetero) is 1. The van der Waals surface area contributed by atoms with Crippen LogP contribution in [-0.4, -0.2) is 48.3 Å². The highest BCUT2D eigenvalue weighted by Crippen LogP contribution is 2.30. The van der Waals surface area contributed by atoms with Crippen LogP contribution in [-0.2, 0) is 16.0 Å². The summed E-state index contributed by atoms with van der Waals surface area (Å²) in [5.74, 6) is 0.781. The van der Waals surface area contributed by atoms with E-state index in [0.29, 0.717) is 36.4 Å². The Morgan fingerprint density at radius 3 is 2.30 bits per heavy atom. The summed E-state index contributed by atoms with van der Waals surface area (Å²) in [7, 11) is 3.15. The zero-order valence-electron chi connectivity index (χ0n) is 19.7. The zero-order chi connectivity index (χ0) is 24.2. The van der Waals surface area contributed by atoms with E-state index in [2.05, 4.69) is 6.92 Å². The van der Waals surface area contributed by atoms with Gasteiger partial charge in [0.15, 0.2) is 17.3 Å². The normalized spacial score (nSPS) is 11.6. The van der Waals surface area contributed by atoms with Crippen molar-refractivity contribution in [3.63, 3.8) is 0 Å². The van der Waals surface area contributed by atoms with Crippen molar-refractivity contribution in [2.24, 2.45) is 0 Å². The molecule has 0 radical (unpaired) electrons. The van der Waals surface area contributed by atoms with Crippen LogP contribution in [0, 0.1) is 0 Å². The third kappa shape index (κ3) is 7.67. The maximum Gasteiger partial charge on any atom is 0.238 e. The van der Waals surface area contributed by atoms with Crippen LogP contribution >= 0.6 is 11.6 Å². The van der Waals surface area contributed by atoms with Gasteiger partial charge in [0, 0.05) is 13.0 Å². The van der Waals surface area contributed by atoms with Gasteiger partial charge in [0.05, 0.1) is 14.2 Å². The van der Waals surface area contributed by atoms with Crippen molar-refractivity contribution in [1.82, 2.24) is 4.90 Å². The highest BCUT2D eigenvalue weighted by Gasteiger charge is 2.30. The number of carbonyl (C=O) groups excluding carboxylic acids is 2. The van der Waals surface area contributed by atoms with Crippen molar-refractivity contribution in [2.45, 2.75) is 51.5 Å². The summed E-state index contributed by atoms with van der Waals surface area (Å²) in [4.78, 5) is 27.7. The van der Waals surface area contributed by atoms with E-state index in [1.54, 1.807) is 31.3 Å². The van der Waals surface area contributed by atoms with E-state index in [1.165, 1.54) is 12.1 Å². The van der Waals surface area contributed by atoms with Gasteiger partial charge in [-0.3, -0.25) is 9.59 Å². The van der Waals surface area contributed by atoms with Gasteiger partial charge in [-0.1, -0.05) is 44.4 Å². The molecule has 180 valence electrons. The Kier molecular flexibility index (Phi) is 11.0.